The summed E-state index contributed by atoms with van der Waals surface area (Å²) in [6.45, 7) is -0.359. The van der Waals surface area contributed by atoms with Gasteiger partial charge in [0.1, 0.15) is 5.75 Å². The monoisotopic (exact) mass is 458 g/mol. The summed E-state index contributed by atoms with van der Waals surface area (Å²) >= 11 is 0. The van der Waals surface area contributed by atoms with Crippen molar-refractivity contribution in [2.24, 2.45) is 0 Å². The van der Waals surface area contributed by atoms with Gasteiger partial charge >= 0.3 is 12.6 Å². The van der Waals surface area contributed by atoms with E-state index in [1.165, 1.54) is 29.8 Å². The van der Waals surface area contributed by atoms with Crippen LogP contribution in [-0.4, -0.2) is 25.3 Å². The van der Waals surface area contributed by atoms with E-state index in [0.717, 1.165) is 38.4 Å². The molecule has 0 bridgehead atoms. The lowest BCUT2D eigenvalue weighted by Crippen LogP contribution is -2.20. The van der Waals surface area contributed by atoms with Gasteiger partial charge in [0.15, 0.2) is 11.6 Å². The Morgan fingerprint density at radius 2 is 1.73 bits per heavy atom. The topological polar surface area (TPSA) is 44.8 Å². The number of hydrogen-bond donors (Lipinski definition) is 0. The van der Waals surface area contributed by atoms with Crippen molar-refractivity contribution in [3.05, 3.63) is 71.5 Å². The van der Waals surface area contributed by atoms with Crippen LogP contribution in [0.25, 0.3) is 10.8 Å². The number of esters is 1. The van der Waals surface area contributed by atoms with Crippen molar-refractivity contribution >= 4 is 16.7 Å². The molecule has 0 heterocycles. The van der Waals surface area contributed by atoms with Crippen LogP contribution in [0.3, 0.4) is 0 Å². The first kappa shape index (κ1) is 23.1. The van der Waals surface area contributed by atoms with Gasteiger partial charge in [-0.25, -0.2) is 9.18 Å². The first-order valence-electron chi connectivity index (χ1n) is 11.1. The minimum absolute atomic E-state index is 0.0939. The molecule has 0 aliphatic heterocycles. The molecule has 4 nitrogen and oxygen atoms in total. The SMILES string of the molecule is CCOC1CCC(c2ccc(C(=O)Oc3ccc4c(F)c(OC(F)F)ccc4c3)cc2)CC1. The smallest absolute Gasteiger partial charge is 0.387 e. The quantitative estimate of drug-likeness (QED) is 0.287. The molecule has 4 rings (SSSR count). The minimum atomic E-state index is -3.12. The van der Waals surface area contributed by atoms with E-state index in [0.29, 0.717) is 23.0 Å². The normalized spacial score (nSPS) is 18.5. The third-order valence-electron chi connectivity index (χ3n) is 6.01. The van der Waals surface area contributed by atoms with Crippen LogP contribution in [0.4, 0.5) is 13.2 Å². The summed E-state index contributed by atoms with van der Waals surface area (Å²) in [5.41, 5.74) is 1.61. The van der Waals surface area contributed by atoms with E-state index in [1.807, 2.05) is 19.1 Å². The number of benzene rings is 3. The number of carbonyl (C=O) groups excluding carboxylic acids is 1. The predicted molar refractivity (Wildman–Crippen MR) is 119 cm³/mol. The van der Waals surface area contributed by atoms with E-state index in [2.05, 4.69) is 4.74 Å². The summed E-state index contributed by atoms with van der Waals surface area (Å²) in [5, 5.41) is 0.494. The Bertz CT molecular complexity index is 1110. The molecule has 3 aromatic rings. The molecular weight excluding hydrogens is 433 g/mol. The van der Waals surface area contributed by atoms with Crippen molar-refractivity contribution in [3.63, 3.8) is 0 Å². The van der Waals surface area contributed by atoms with Gasteiger partial charge in [0, 0.05) is 12.0 Å². The Morgan fingerprint density at radius 3 is 2.39 bits per heavy atom. The second-order valence-electron chi connectivity index (χ2n) is 8.08. The van der Waals surface area contributed by atoms with E-state index < -0.39 is 24.1 Å². The summed E-state index contributed by atoms with van der Waals surface area (Å²) in [7, 11) is 0. The lowest BCUT2D eigenvalue weighted by Gasteiger charge is -2.28. The van der Waals surface area contributed by atoms with Gasteiger partial charge in [0.25, 0.3) is 0 Å². The highest BCUT2D eigenvalue weighted by Crippen LogP contribution is 2.34. The average Bonchev–Trinajstić information content (AvgIpc) is 2.81. The first-order chi connectivity index (χ1) is 15.9. The molecule has 0 spiro atoms. The van der Waals surface area contributed by atoms with Gasteiger partial charge in [0.05, 0.1) is 11.7 Å². The van der Waals surface area contributed by atoms with Gasteiger partial charge < -0.3 is 14.2 Å². The number of carbonyl (C=O) groups is 1. The van der Waals surface area contributed by atoms with Gasteiger partial charge in [-0.05, 0) is 85.9 Å². The van der Waals surface area contributed by atoms with Crippen molar-refractivity contribution in [1.29, 1.82) is 0 Å². The summed E-state index contributed by atoms with van der Waals surface area (Å²) in [4.78, 5) is 12.6. The van der Waals surface area contributed by atoms with Crippen LogP contribution in [0, 0.1) is 5.82 Å². The highest BCUT2D eigenvalue weighted by molar-refractivity contribution is 5.92. The first-order valence-corrected chi connectivity index (χ1v) is 11.1. The van der Waals surface area contributed by atoms with Crippen molar-refractivity contribution in [3.8, 4) is 11.5 Å². The van der Waals surface area contributed by atoms with Crippen LogP contribution in [0.15, 0.2) is 54.6 Å². The highest BCUT2D eigenvalue weighted by Gasteiger charge is 2.23. The van der Waals surface area contributed by atoms with Crippen molar-refractivity contribution in [2.45, 2.75) is 51.2 Å². The molecule has 0 radical (unpaired) electrons. The Kier molecular flexibility index (Phi) is 7.18. The van der Waals surface area contributed by atoms with Crippen LogP contribution in [0.2, 0.25) is 0 Å². The van der Waals surface area contributed by atoms with Gasteiger partial charge in [0.2, 0.25) is 0 Å². The molecule has 1 aliphatic rings. The summed E-state index contributed by atoms with van der Waals surface area (Å²) in [6, 6.07) is 14.2. The fourth-order valence-corrected chi connectivity index (χ4v) is 4.36. The van der Waals surface area contributed by atoms with Gasteiger partial charge in [-0.2, -0.15) is 8.78 Å². The summed E-state index contributed by atoms with van der Waals surface area (Å²) in [6.07, 6.45) is 4.55. The Labute approximate surface area is 190 Å². The molecule has 0 atom stereocenters. The summed E-state index contributed by atoms with van der Waals surface area (Å²) in [5.74, 6) is -1.27. The van der Waals surface area contributed by atoms with Crippen molar-refractivity contribution < 1.29 is 32.2 Å². The lowest BCUT2D eigenvalue weighted by molar-refractivity contribution is -0.0520. The molecule has 0 aromatic heterocycles. The average molecular weight is 458 g/mol. The molecule has 3 aromatic carbocycles. The number of fused-ring (bicyclic) bond motifs is 1. The number of hydrogen-bond acceptors (Lipinski definition) is 4. The molecule has 0 unspecified atom stereocenters. The van der Waals surface area contributed by atoms with Crippen LogP contribution in [0.5, 0.6) is 11.5 Å². The fourth-order valence-electron chi connectivity index (χ4n) is 4.36. The third-order valence-corrected chi connectivity index (χ3v) is 6.01. The van der Waals surface area contributed by atoms with E-state index in [-0.39, 0.29) is 11.1 Å². The molecule has 0 saturated heterocycles. The molecule has 1 fully saturated rings. The highest BCUT2D eigenvalue weighted by atomic mass is 19.3. The largest absolute Gasteiger partial charge is 0.432 e. The molecular formula is C26H25F3O4. The number of rotatable bonds is 7. The zero-order valence-electron chi connectivity index (χ0n) is 18.2. The maximum absolute atomic E-state index is 14.4. The second kappa shape index (κ2) is 10.3. The van der Waals surface area contributed by atoms with Gasteiger partial charge in [-0.1, -0.05) is 18.2 Å². The third kappa shape index (κ3) is 5.47. The lowest BCUT2D eigenvalue weighted by atomic mass is 9.82. The standard InChI is InChI=1S/C26H25F3O4/c1-2-31-20-10-7-17(8-11-20)16-3-5-18(6-4-16)25(30)32-21-12-13-22-19(15-21)9-14-23(24(22)27)33-26(28)29/h3-6,9,12-15,17,20,26H,2,7-8,10-11H2,1H3. The van der Waals surface area contributed by atoms with Gasteiger partial charge in [-0.15, -0.1) is 0 Å². The molecule has 0 N–H and O–H groups in total. The molecule has 33 heavy (non-hydrogen) atoms. The van der Waals surface area contributed by atoms with Crippen LogP contribution in [0.1, 0.15) is 54.4 Å². The Morgan fingerprint density at radius 1 is 1.00 bits per heavy atom. The maximum atomic E-state index is 14.4. The van der Waals surface area contributed by atoms with E-state index in [9.17, 15) is 18.0 Å². The maximum Gasteiger partial charge on any atom is 0.387 e. The minimum Gasteiger partial charge on any atom is -0.432 e. The van der Waals surface area contributed by atoms with E-state index in [1.54, 1.807) is 12.1 Å². The summed E-state index contributed by atoms with van der Waals surface area (Å²) < 4.78 is 54.5. The van der Waals surface area contributed by atoms with Gasteiger partial charge in [-0.3, -0.25) is 0 Å². The van der Waals surface area contributed by atoms with Crippen LogP contribution < -0.4 is 9.47 Å². The second-order valence-corrected chi connectivity index (χ2v) is 8.08. The van der Waals surface area contributed by atoms with Crippen LogP contribution >= 0.6 is 0 Å². The fraction of sp³-hybridized carbons (Fsp3) is 0.346. The Hall–Kier alpha value is -3.06. The molecule has 1 saturated carbocycles. The number of alkyl halides is 2. The molecule has 0 amide bonds. The molecule has 1 aliphatic carbocycles. The van der Waals surface area contributed by atoms with E-state index in [4.69, 9.17) is 9.47 Å². The van der Waals surface area contributed by atoms with Crippen LogP contribution in [-0.2, 0) is 4.74 Å². The molecule has 174 valence electrons. The zero-order chi connectivity index (χ0) is 23.4. The predicted octanol–water partition coefficient (Wildman–Crippen LogP) is 6.86. The van der Waals surface area contributed by atoms with Crippen molar-refractivity contribution in [2.75, 3.05) is 6.61 Å². The molecule has 7 heteroatoms. The van der Waals surface area contributed by atoms with E-state index >= 15 is 0 Å². The van der Waals surface area contributed by atoms with Crippen molar-refractivity contribution in [1.82, 2.24) is 0 Å². The Balaban J connectivity index is 1.41. The number of ether oxygens (including phenoxy) is 3. The zero-order valence-corrected chi connectivity index (χ0v) is 18.2. The number of halogens is 3.